The fourth-order valence-electron chi connectivity index (χ4n) is 2.54. The molecule has 0 radical (unpaired) electrons. The molecule has 2 rings (SSSR count). The lowest BCUT2D eigenvalue weighted by molar-refractivity contribution is -0.384. The minimum Gasteiger partial charge on any atom is -0.393 e. The Labute approximate surface area is 116 Å². The van der Waals surface area contributed by atoms with Crippen molar-refractivity contribution >= 4 is 23.0 Å². The van der Waals surface area contributed by atoms with Crippen molar-refractivity contribution in [1.82, 2.24) is 0 Å². The Morgan fingerprint density at radius 3 is 2.68 bits per heavy atom. The first-order valence-corrected chi connectivity index (χ1v) is 6.60. The van der Waals surface area contributed by atoms with E-state index < -0.39 is 4.92 Å². The number of halogens is 1. The van der Waals surface area contributed by atoms with Crippen LogP contribution in [0.25, 0.3) is 0 Å². The predicted molar refractivity (Wildman–Crippen MR) is 74.8 cm³/mol. The van der Waals surface area contributed by atoms with E-state index in [9.17, 15) is 15.2 Å². The van der Waals surface area contributed by atoms with E-state index in [2.05, 4.69) is 0 Å². The average molecular weight is 285 g/mol. The third-order valence-electron chi connectivity index (χ3n) is 3.62. The molecule has 0 bridgehead atoms. The molecular formula is C13H17ClN2O3. The van der Waals surface area contributed by atoms with Gasteiger partial charge < -0.3 is 10.0 Å². The second kappa shape index (κ2) is 5.35. The fraction of sp³-hybridized carbons (Fsp3) is 0.538. The van der Waals surface area contributed by atoms with Gasteiger partial charge in [-0.25, -0.2) is 0 Å². The second-order valence-corrected chi connectivity index (χ2v) is 5.63. The van der Waals surface area contributed by atoms with Gasteiger partial charge in [-0.1, -0.05) is 11.6 Å². The van der Waals surface area contributed by atoms with Crippen LogP contribution in [0.3, 0.4) is 0 Å². The van der Waals surface area contributed by atoms with Crippen LogP contribution in [0.1, 0.15) is 18.4 Å². The quantitative estimate of drug-likeness (QED) is 0.682. The maximum atomic E-state index is 10.8. The van der Waals surface area contributed by atoms with Crippen molar-refractivity contribution in [3.8, 4) is 0 Å². The standard InChI is InChI=1S/C13H17ClN2O3/c1-8-3-13(16(18)19)11(14)6-12(8)15(2)7-9-4-10(17)5-9/h3,6,9-10,17H,4-5,7H2,1-2H3. The van der Waals surface area contributed by atoms with Crippen molar-refractivity contribution in [2.75, 3.05) is 18.5 Å². The van der Waals surface area contributed by atoms with E-state index in [0.29, 0.717) is 5.92 Å². The zero-order valence-corrected chi connectivity index (χ0v) is 11.7. The zero-order chi connectivity index (χ0) is 14.2. The van der Waals surface area contributed by atoms with Gasteiger partial charge in [-0.2, -0.15) is 0 Å². The van der Waals surface area contributed by atoms with Crippen molar-refractivity contribution in [3.05, 3.63) is 32.8 Å². The van der Waals surface area contributed by atoms with Crippen LogP contribution in [0.5, 0.6) is 0 Å². The summed E-state index contributed by atoms with van der Waals surface area (Å²) in [6.07, 6.45) is 1.48. The van der Waals surface area contributed by atoms with Gasteiger partial charge >= 0.3 is 0 Å². The van der Waals surface area contributed by atoms with E-state index in [-0.39, 0.29) is 16.8 Å². The molecule has 0 aromatic heterocycles. The van der Waals surface area contributed by atoms with Gasteiger partial charge in [-0.05, 0) is 37.3 Å². The van der Waals surface area contributed by atoms with Crippen LogP contribution in [0, 0.1) is 23.0 Å². The van der Waals surface area contributed by atoms with Crippen LogP contribution >= 0.6 is 11.6 Å². The summed E-state index contributed by atoms with van der Waals surface area (Å²) in [4.78, 5) is 12.4. The first-order chi connectivity index (χ1) is 8.88. The monoisotopic (exact) mass is 284 g/mol. The topological polar surface area (TPSA) is 66.6 Å². The molecule has 0 aliphatic heterocycles. The molecule has 1 aliphatic rings. The molecule has 0 atom stereocenters. The zero-order valence-electron chi connectivity index (χ0n) is 11.0. The van der Waals surface area contributed by atoms with Crippen molar-refractivity contribution in [2.45, 2.75) is 25.9 Å². The van der Waals surface area contributed by atoms with Crippen molar-refractivity contribution in [2.24, 2.45) is 5.92 Å². The molecule has 1 aliphatic carbocycles. The number of nitrogens with zero attached hydrogens (tertiary/aromatic N) is 2. The van der Waals surface area contributed by atoms with Crippen molar-refractivity contribution in [3.63, 3.8) is 0 Å². The predicted octanol–water partition coefficient (Wildman–Crippen LogP) is 2.76. The summed E-state index contributed by atoms with van der Waals surface area (Å²) in [5.41, 5.74) is 1.67. The minimum atomic E-state index is -0.471. The van der Waals surface area contributed by atoms with E-state index >= 15 is 0 Å². The molecule has 6 heteroatoms. The molecule has 0 spiro atoms. The number of hydrogen-bond donors (Lipinski definition) is 1. The summed E-state index contributed by atoms with van der Waals surface area (Å²) in [6.45, 7) is 2.66. The van der Waals surface area contributed by atoms with E-state index in [1.54, 1.807) is 6.07 Å². The molecule has 1 fully saturated rings. The van der Waals surface area contributed by atoms with E-state index in [1.165, 1.54) is 6.07 Å². The summed E-state index contributed by atoms with van der Waals surface area (Å²) in [6, 6.07) is 3.15. The summed E-state index contributed by atoms with van der Waals surface area (Å²) < 4.78 is 0. The minimum absolute atomic E-state index is 0.0598. The third kappa shape index (κ3) is 2.98. The Morgan fingerprint density at radius 1 is 1.53 bits per heavy atom. The smallest absolute Gasteiger partial charge is 0.288 e. The van der Waals surface area contributed by atoms with Gasteiger partial charge in [0.15, 0.2) is 0 Å². The SMILES string of the molecule is Cc1cc([N+](=O)[O-])c(Cl)cc1N(C)CC1CC(O)C1. The highest BCUT2D eigenvalue weighted by molar-refractivity contribution is 6.33. The molecule has 0 unspecified atom stereocenters. The Kier molecular flexibility index (Phi) is 3.96. The molecule has 1 saturated carbocycles. The third-order valence-corrected chi connectivity index (χ3v) is 3.92. The normalized spacial score (nSPS) is 21.9. The number of aliphatic hydroxyl groups is 1. The highest BCUT2D eigenvalue weighted by Crippen LogP contribution is 2.34. The van der Waals surface area contributed by atoms with Crippen LogP contribution in [0.15, 0.2) is 12.1 Å². The second-order valence-electron chi connectivity index (χ2n) is 5.22. The number of aliphatic hydroxyl groups excluding tert-OH is 1. The summed E-state index contributed by atoms with van der Waals surface area (Å²) in [5.74, 6) is 0.480. The van der Waals surface area contributed by atoms with Gasteiger partial charge in [0, 0.05) is 25.3 Å². The molecule has 1 aromatic carbocycles. The van der Waals surface area contributed by atoms with E-state index in [1.807, 2.05) is 18.9 Å². The van der Waals surface area contributed by atoms with E-state index in [0.717, 1.165) is 30.6 Å². The molecule has 1 aromatic rings. The van der Waals surface area contributed by atoms with Crippen molar-refractivity contribution < 1.29 is 10.0 Å². The molecule has 104 valence electrons. The molecular weight excluding hydrogens is 268 g/mol. The lowest BCUT2D eigenvalue weighted by atomic mass is 9.82. The highest BCUT2D eigenvalue weighted by atomic mass is 35.5. The fourth-order valence-corrected chi connectivity index (χ4v) is 2.77. The van der Waals surface area contributed by atoms with Crippen LogP contribution in [-0.2, 0) is 0 Å². The Bertz CT molecular complexity index is 501. The number of hydrogen-bond acceptors (Lipinski definition) is 4. The van der Waals surface area contributed by atoms with Gasteiger partial charge in [-0.3, -0.25) is 10.1 Å². The van der Waals surface area contributed by atoms with E-state index in [4.69, 9.17) is 11.6 Å². The maximum absolute atomic E-state index is 10.8. The van der Waals surface area contributed by atoms with Gasteiger partial charge in [0.05, 0.1) is 11.0 Å². The first-order valence-electron chi connectivity index (χ1n) is 6.22. The van der Waals surface area contributed by atoms with Gasteiger partial charge in [-0.15, -0.1) is 0 Å². The number of nitro benzene ring substituents is 1. The average Bonchev–Trinajstić information content (AvgIpc) is 2.29. The van der Waals surface area contributed by atoms with Gasteiger partial charge in [0.1, 0.15) is 5.02 Å². The maximum Gasteiger partial charge on any atom is 0.288 e. The molecule has 1 N–H and O–H groups in total. The molecule has 0 saturated heterocycles. The van der Waals surface area contributed by atoms with Gasteiger partial charge in [0.25, 0.3) is 5.69 Å². The number of nitro groups is 1. The Hall–Kier alpha value is -1.33. The van der Waals surface area contributed by atoms with Crippen LogP contribution < -0.4 is 4.90 Å². The highest BCUT2D eigenvalue weighted by Gasteiger charge is 2.28. The van der Waals surface area contributed by atoms with Crippen LogP contribution in [0.2, 0.25) is 5.02 Å². The Balaban J connectivity index is 2.15. The van der Waals surface area contributed by atoms with Gasteiger partial charge in [0.2, 0.25) is 0 Å². The molecule has 19 heavy (non-hydrogen) atoms. The lowest BCUT2D eigenvalue weighted by Crippen LogP contribution is -2.37. The van der Waals surface area contributed by atoms with Crippen molar-refractivity contribution in [1.29, 1.82) is 0 Å². The molecule has 5 nitrogen and oxygen atoms in total. The largest absolute Gasteiger partial charge is 0.393 e. The number of rotatable bonds is 4. The number of anilines is 1. The van der Waals surface area contributed by atoms with Crippen LogP contribution in [0.4, 0.5) is 11.4 Å². The first kappa shape index (κ1) is 14.1. The molecule has 0 amide bonds. The lowest BCUT2D eigenvalue weighted by Gasteiger charge is -2.35. The number of benzene rings is 1. The Morgan fingerprint density at radius 2 is 2.16 bits per heavy atom. The van der Waals surface area contributed by atoms with Crippen LogP contribution in [-0.4, -0.2) is 29.7 Å². The molecule has 0 heterocycles. The number of aryl methyl sites for hydroxylation is 1. The summed E-state index contributed by atoms with van der Waals surface area (Å²) in [7, 11) is 1.94. The summed E-state index contributed by atoms with van der Waals surface area (Å²) >= 11 is 5.94. The summed E-state index contributed by atoms with van der Waals surface area (Å²) in [5, 5.41) is 20.2.